The monoisotopic (exact) mass is 559 g/mol. The summed E-state index contributed by atoms with van der Waals surface area (Å²) < 4.78 is 11.3. The van der Waals surface area contributed by atoms with Crippen LogP contribution in [-0.2, 0) is 19.2 Å². The second kappa shape index (κ2) is 9.48. The number of hydrogen-bond donors (Lipinski definition) is 1. The summed E-state index contributed by atoms with van der Waals surface area (Å²) in [5.41, 5.74) is 2.64. The molecular weight excluding hydrogens is 534 g/mol. The van der Waals surface area contributed by atoms with Gasteiger partial charge in [0.15, 0.2) is 11.6 Å². The van der Waals surface area contributed by atoms with Gasteiger partial charge in [-0.15, -0.1) is 0 Å². The fraction of sp³-hybridized carbons (Fsp3) is 0.290. The van der Waals surface area contributed by atoms with Gasteiger partial charge in [-0.1, -0.05) is 23.3 Å². The van der Waals surface area contributed by atoms with Gasteiger partial charge in [-0.05, 0) is 56.0 Å². The lowest BCUT2D eigenvalue weighted by atomic mass is 9.59. The van der Waals surface area contributed by atoms with Crippen molar-refractivity contribution in [2.75, 3.05) is 19.1 Å². The van der Waals surface area contributed by atoms with Crippen LogP contribution in [-0.4, -0.2) is 42.7 Å². The van der Waals surface area contributed by atoms with Crippen molar-refractivity contribution in [3.8, 4) is 17.2 Å². The van der Waals surface area contributed by atoms with Crippen molar-refractivity contribution in [3.63, 3.8) is 0 Å². The standard InChI is InChI=1S/C31H26ClNO7/c1-14-10-22(35)21-13-20-18(26(27(21)29(14)36)28-23(39-2)11-17(34)12-24(28)40-3)8-9-19-25(20)31(38)33(30(19)37)16-6-4-15(32)5-7-16/h4-8,10-12,19-20,25-26,34H,9,13H2,1-3H3. The highest BCUT2D eigenvalue weighted by Crippen LogP contribution is 2.58. The number of benzene rings is 2. The van der Waals surface area contributed by atoms with Gasteiger partial charge in [-0.25, -0.2) is 0 Å². The highest BCUT2D eigenvalue weighted by Gasteiger charge is 2.57. The first kappa shape index (κ1) is 26.1. The molecule has 6 rings (SSSR count). The highest BCUT2D eigenvalue weighted by atomic mass is 35.5. The molecule has 3 aliphatic carbocycles. The molecule has 0 radical (unpaired) electrons. The number of ether oxygens (including phenoxy) is 2. The number of amides is 2. The molecule has 40 heavy (non-hydrogen) atoms. The predicted molar refractivity (Wildman–Crippen MR) is 146 cm³/mol. The molecule has 4 unspecified atom stereocenters. The van der Waals surface area contributed by atoms with E-state index in [0.717, 1.165) is 5.57 Å². The Hall–Kier alpha value is -4.17. The van der Waals surface area contributed by atoms with Gasteiger partial charge in [0.25, 0.3) is 0 Å². The van der Waals surface area contributed by atoms with E-state index in [0.29, 0.717) is 39.4 Å². The van der Waals surface area contributed by atoms with Crippen molar-refractivity contribution in [1.82, 2.24) is 0 Å². The minimum absolute atomic E-state index is 0.0889. The number of imide groups is 1. The molecule has 1 N–H and O–H groups in total. The minimum atomic E-state index is -0.771. The fourth-order valence-electron chi connectivity index (χ4n) is 6.75. The van der Waals surface area contributed by atoms with Crippen LogP contribution < -0.4 is 14.4 Å². The van der Waals surface area contributed by atoms with E-state index >= 15 is 0 Å². The number of phenolic OH excluding ortho intramolecular Hbond substituents is 1. The average Bonchev–Trinajstić information content (AvgIpc) is 3.20. The Labute approximate surface area is 235 Å². The number of hydrogen-bond acceptors (Lipinski definition) is 7. The van der Waals surface area contributed by atoms with Crippen LogP contribution >= 0.6 is 11.6 Å². The summed E-state index contributed by atoms with van der Waals surface area (Å²) in [7, 11) is 2.89. The van der Waals surface area contributed by atoms with Crippen molar-refractivity contribution in [2.24, 2.45) is 17.8 Å². The molecule has 0 spiro atoms. The summed E-state index contributed by atoms with van der Waals surface area (Å²) in [6.45, 7) is 1.60. The second-order valence-electron chi connectivity index (χ2n) is 10.5. The normalized spacial score (nSPS) is 25.8. The fourth-order valence-corrected chi connectivity index (χ4v) is 6.87. The number of allylic oxidation sites excluding steroid dienone is 6. The van der Waals surface area contributed by atoms with Crippen LogP contribution in [0.3, 0.4) is 0 Å². The molecule has 4 aliphatic rings. The molecule has 2 aromatic rings. The molecule has 1 saturated heterocycles. The number of rotatable bonds is 4. The number of carbonyl (C=O) groups is 4. The molecule has 0 aromatic heterocycles. The van der Waals surface area contributed by atoms with Crippen molar-refractivity contribution in [2.45, 2.75) is 25.7 Å². The Kier molecular flexibility index (Phi) is 6.18. The van der Waals surface area contributed by atoms with Crippen LogP contribution in [0, 0.1) is 17.8 Å². The summed E-state index contributed by atoms with van der Waals surface area (Å²) in [6.07, 6.45) is 3.71. The highest BCUT2D eigenvalue weighted by molar-refractivity contribution is 6.31. The summed E-state index contributed by atoms with van der Waals surface area (Å²) in [5, 5.41) is 10.8. The molecule has 9 heteroatoms. The lowest BCUT2D eigenvalue weighted by Crippen LogP contribution is -2.40. The number of fused-ring (bicyclic) bond motifs is 3. The SMILES string of the molecule is COc1cc(O)cc(OC)c1C1C2=CCC3C(=O)N(c4ccc(Cl)cc4)C(=O)C3C2CC2=C1C(=O)C(C)=CC2=O. The van der Waals surface area contributed by atoms with Crippen LogP contribution in [0.15, 0.2) is 70.8 Å². The smallest absolute Gasteiger partial charge is 0.238 e. The van der Waals surface area contributed by atoms with Gasteiger partial charge in [-0.3, -0.25) is 24.1 Å². The van der Waals surface area contributed by atoms with E-state index in [9.17, 15) is 24.3 Å². The van der Waals surface area contributed by atoms with E-state index in [-0.39, 0.29) is 47.1 Å². The Bertz CT molecular complexity index is 1570. The first-order valence-corrected chi connectivity index (χ1v) is 13.3. The molecule has 1 aliphatic heterocycles. The molecule has 2 amide bonds. The van der Waals surface area contributed by atoms with Gasteiger partial charge >= 0.3 is 0 Å². The predicted octanol–water partition coefficient (Wildman–Crippen LogP) is 4.70. The van der Waals surface area contributed by atoms with E-state index in [1.165, 1.54) is 37.3 Å². The molecule has 8 nitrogen and oxygen atoms in total. The number of ketones is 2. The lowest BCUT2D eigenvalue weighted by Gasteiger charge is -2.42. The molecule has 0 bridgehead atoms. The zero-order valence-corrected chi connectivity index (χ0v) is 22.8. The maximum Gasteiger partial charge on any atom is 0.238 e. The number of halogens is 1. The van der Waals surface area contributed by atoms with Crippen LogP contribution in [0.5, 0.6) is 17.2 Å². The number of aromatic hydroxyl groups is 1. The van der Waals surface area contributed by atoms with E-state index in [4.69, 9.17) is 21.1 Å². The van der Waals surface area contributed by atoms with Gasteiger partial charge < -0.3 is 14.6 Å². The first-order valence-electron chi connectivity index (χ1n) is 12.9. The van der Waals surface area contributed by atoms with E-state index in [2.05, 4.69) is 0 Å². The Morgan fingerprint density at radius 2 is 1.60 bits per heavy atom. The second-order valence-corrected chi connectivity index (χ2v) is 10.9. The molecule has 1 heterocycles. The van der Waals surface area contributed by atoms with E-state index < -0.39 is 23.7 Å². The van der Waals surface area contributed by atoms with Crippen molar-refractivity contribution < 1.29 is 33.8 Å². The van der Waals surface area contributed by atoms with Crippen molar-refractivity contribution in [1.29, 1.82) is 0 Å². The third-order valence-corrected chi connectivity index (χ3v) is 8.72. The van der Waals surface area contributed by atoms with Gasteiger partial charge in [0.05, 0.1) is 31.7 Å². The number of Topliss-reactive ketones (excluding diaryl/α,β-unsaturated/α-hetero) is 1. The molecular formula is C31H26ClNO7. The third kappa shape index (κ3) is 3.73. The van der Waals surface area contributed by atoms with Crippen molar-refractivity contribution in [3.05, 3.63) is 81.4 Å². The maximum absolute atomic E-state index is 14.0. The average molecular weight is 560 g/mol. The summed E-state index contributed by atoms with van der Waals surface area (Å²) in [5.74, 6) is -3.34. The Morgan fingerprint density at radius 3 is 2.23 bits per heavy atom. The topological polar surface area (TPSA) is 110 Å². The van der Waals surface area contributed by atoms with Crippen molar-refractivity contribution >= 4 is 40.7 Å². The summed E-state index contributed by atoms with van der Waals surface area (Å²) in [6, 6.07) is 9.38. The van der Waals surface area contributed by atoms with Gasteiger partial charge in [0.1, 0.15) is 17.2 Å². The van der Waals surface area contributed by atoms with Crippen LogP contribution in [0.25, 0.3) is 0 Å². The molecule has 1 fully saturated rings. The minimum Gasteiger partial charge on any atom is -0.508 e. The lowest BCUT2D eigenvalue weighted by molar-refractivity contribution is -0.123. The van der Waals surface area contributed by atoms with Crippen LogP contribution in [0.4, 0.5) is 5.69 Å². The third-order valence-electron chi connectivity index (χ3n) is 8.47. The molecule has 0 saturated carbocycles. The molecule has 4 atom stereocenters. The molecule has 2 aromatic carbocycles. The number of anilines is 1. The Morgan fingerprint density at radius 1 is 0.950 bits per heavy atom. The van der Waals surface area contributed by atoms with Gasteiger partial charge in [-0.2, -0.15) is 0 Å². The quantitative estimate of drug-likeness (QED) is 0.328. The summed E-state index contributed by atoms with van der Waals surface area (Å²) in [4.78, 5) is 55.8. The zero-order valence-electron chi connectivity index (χ0n) is 22.1. The van der Waals surface area contributed by atoms with E-state index in [1.54, 1.807) is 31.2 Å². The van der Waals surface area contributed by atoms with Gasteiger partial charge in [0, 0.05) is 45.4 Å². The zero-order chi connectivity index (χ0) is 28.5. The number of phenols is 1. The first-order chi connectivity index (χ1) is 19.2. The Balaban J connectivity index is 1.54. The van der Waals surface area contributed by atoms with E-state index in [1.807, 2.05) is 6.08 Å². The van der Waals surface area contributed by atoms with Gasteiger partial charge in [0.2, 0.25) is 11.8 Å². The number of methoxy groups -OCH3 is 2. The van der Waals surface area contributed by atoms with Crippen LogP contribution in [0.1, 0.15) is 31.2 Å². The largest absolute Gasteiger partial charge is 0.508 e. The summed E-state index contributed by atoms with van der Waals surface area (Å²) >= 11 is 6.04. The maximum atomic E-state index is 14.0. The van der Waals surface area contributed by atoms with Crippen LogP contribution in [0.2, 0.25) is 5.02 Å². The number of carbonyl (C=O) groups excluding carboxylic acids is 4. The number of nitrogens with zero attached hydrogens (tertiary/aromatic N) is 1. The molecule has 204 valence electrons.